The van der Waals surface area contributed by atoms with Crippen LogP contribution in [-0.4, -0.2) is 61.1 Å². The van der Waals surface area contributed by atoms with E-state index in [4.69, 9.17) is 16.8 Å². The lowest BCUT2D eigenvalue weighted by Gasteiger charge is -2.38. The summed E-state index contributed by atoms with van der Waals surface area (Å²) in [4.78, 5) is 13.5. The minimum Gasteiger partial charge on any atom is -0.348 e. The van der Waals surface area contributed by atoms with Crippen molar-refractivity contribution in [1.29, 1.82) is 5.41 Å². The third kappa shape index (κ3) is 3.12. The van der Waals surface area contributed by atoms with Gasteiger partial charge in [0.2, 0.25) is 5.95 Å². The Labute approximate surface area is 158 Å². The molecule has 4 rings (SSSR count). The van der Waals surface area contributed by atoms with E-state index in [1.807, 2.05) is 48.1 Å². The highest BCUT2D eigenvalue weighted by Crippen LogP contribution is 2.26. The van der Waals surface area contributed by atoms with Crippen LogP contribution < -0.4 is 4.90 Å². The summed E-state index contributed by atoms with van der Waals surface area (Å²) in [5.41, 5.74) is 2.67. The third-order valence-electron chi connectivity index (χ3n) is 5.09. The molecule has 0 bridgehead atoms. The molecule has 138 valence electrons. The third-order valence-corrected chi connectivity index (χ3v) is 5.09. The molecule has 3 aromatic rings. The van der Waals surface area contributed by atoms with E-state index in [1.54, 1.807) is 10.9 Å². The molecule has 0 spiro atoms. The summed E-state index contributed by atoms with van der Waals surface area (Å²) < 4.78 is 3.78. The molecule has 0 aromatic carbocycles. The fourth-order valence-electron chi connectivity index (χ4n) is 3.57. The van der Waals surface area contributed by atoms with Gasteiger partial charge >= 0.3 is 0 Å². The van der Waals surface area contributed by atoms with Crippen molar-refractivity contribution in [1.82, 2.24) is 29.0 Å². The normalized spacial score (nSPS) is 17.1. The zero-order chi connectivity index (χ0) is 19.0. The van der Waals surface area contributed by atoms with Crippen molar-refractivity contribution < 1.29 is 0 Å². The second-order valence-electron chi connectivity index (χ2n) is 6.85. The second kappa shape index (κ2) is 6.76. The van der Waals surface area contributed by atoms with Crippen LogP contribution in [0.2, 0.25) is 0 Å². The average molecular weight is 362 g/mol. The predicted molar refractivity (Wildman–Crippen MR) is 105 cm³/mol. The van der Waals surface area contributed by atoms with Crippen molar-refractivity contribution in [2.75, 3.05) is 25.0 Å². The molecule has 3 aromatic heterocycles. The number of likely N-dealkylation sites (N-methyl/N-ethyl adjacent to an activating group) is 1. The number of rotatable bonds is 3. The number of piperidine rings is 1. The number of nitrogens with zero attached hydrogens (tertiary/aromatic N) is 7. The summed E-state index contributed by atoms with van der Waals surface area (Å²) in [6.07, 6.45) is 14.9. The lowest BCUT2D eigenvalue weighted by Crippen LogP contribution is -2.48. The number of hydrogen-bond acceptors (Lipinski definition) is 5. The first-order valence-corrected chi connectivity index (χ1v) is 8.93. The zero-order valence-corrected chi connectivity index (χ0v) is 15.5. The molecule has 4 heterocycles. The first kappa shape index (κ1) is 17.1. The Balaban J connectivity index is 1.71. The summed E-state index contributed by atoms with van der Waals surface area (Å²) in [5, 5.41) is 12.2. The molecular weight excluding hydrogens is 340 g/mol. The standard InChI is InChI=1S/C19H22N8/c1-4-17(20)25(3)15-6-5-8-26(13-15)19-23-16(14-11-22-24(2)12-14)10-18-21-7-9-27(18)19/h1,7,9-12,15,20H,5-6,8,13H2,2-3H3. The smallest absolute Gasteiger partial charge is 0.211 e. The van der Waals surface area contributed by atoms with Gasteiger partial charge in [-0.05, 0) is 18.8 Å². The Morgan fingerprint density at radius 1 is 1.44 bits per heavy atom. The number of fused-ring (bicyclic) bond motifs is 1. The van der Waals surface area contributed by atoms with E-state index in [-0.39, 0.29) is 11.9 Å². The fourth-order valence-corrected chi connectivity index (χ4v) is 3.57. The van der Waals surface area contributed by atoms with Crippen LogP contribution in [0.15, 0.2) is 30.9 Å². The van der Waals surface area contributed by atoms with E-state index in [9.17, 15) is 0 Å². The fraction of sp³-hybridized carbons (Fsp3) is 0.368. The maximum atomic E-state index is 7.94. The van der Waals surface area contributed by atoms with E-state index >= 15 is 0 Å². The van der Waals surface area contributed by atoms with Gasteiger partial charge in [0.05, 0.1) is 11.9 Å². The van der Waals surface area contributed by atoms with Crippen LogP contribution in [0.4, 0.5) is 5.95 Å². The molecule has 1 aliphatic heterocycles. The van der Waals surface area contributed by atoms with E-state index in [0.717, 1.165) is 48.8 Å². The van der Waals surface area contributed by atoms with Gasteiger partial charge in [-0.3, -0.25) is 14.5 Å². The topological polar surface area (TPSA) is 78.3 Å². The van der Waals surface area contributed by atoms with Crippen molar-refractivity contribution in [3.63, 3.8) is 0 Å². The highest BCUT2D eigenvalue weighted by molar-refractivity contribution is 5.95. The minimum absolute atomic E-state index is 0.185. The number of nitrogens with one attached hydrogen (secondary N) is 1. The lowest BCUT2D eigenvalue weighted by atomic mass is 10.0. The second-order valence-corrected chi connectivity index (χ2v) is 6.85. The van der Waals surface area contributed by atoms with Gasteiger partial charge in [0.1, 0.15) is 5.65 Å². The van der Waals surface area contributed by atoms with Gasteiger partial charge < -0.3 is 9.80 Å². The van der Waals surface area contributed by atoms with Crippen molar-refractivity contribution in [2.45, 2.75) is 18.9 Å². The Bertz CT molecular complexity index is 1020. The quantitative estimate of drug-likeness (QED) is 0.435. The Hall–Kier alpha value is -3.34. The summed E-state index contributed by atoms with van der Waals surface area (Å²) in [5.74, 6) is 3.50. The first-order valence-electron chi connectivity index (χ1n) is 8.93. The molecule has 0 saturated carbocycles. The average Bonchev–Trinajstić information content (AvgIpc) is 3.34. The number of aryl methyl sites for hydroxylation is 1. The van der Waals surface area contributed by atoms with Crippen LogP contribution in [-0.2, 0) is 7.05 Å². The number of anilines is 1. The Morgan fingerprint density at radius 3 is 3.04 bits per heavy atom. The van der Waals surface area contributed by atoms with E-state index in [2.05, 4.69) is 20.9 Å². The highest BCUT2D eigenvalue weighted by atomic mass is 15.3. The monoisotopic (exact) mass is 362 g/mol. The highest BCUT2D eigenvalue weighted by Gasteiger charge is 2.27. The van der Waals surface area contributed by atoms with Crippen LogP contribution >= 0.6 is 0 Å². The molecule has 1 aliphatic rings. The van der Waals surface area contributed by atoms with E-state index in [0.29, 0.717) is 0 Å². The summed E-state index contributed by atoms with van der Waals surface area (Å²) in [6, 6.07) is 2.16. The van der Waals surface area contributed by atoms with Gasteiger partial charge in [0.15, 0.2) is 5.84 Å². The Kier molecular flexibility index (Phi) is 4.28. The molecule has 1 N–H and O–H groups in total. The van der Waals surface area contributed by atoms with Crippen LogP contribution in [0.5, 0.6) is 0 Å². The number of terminal acetylenes is 1. The summed E-state index contributed by atoms with van der Waals surface area (Å²) in [6.45, 7) is 1.67. The molecule has 0 amide bonds. The molecule has 1 atom stereocenters. The minimum atomic E-state index is 0.185. The molecule has 27 heavy (non-hydrogen) atoms. The number of hydrogen-bond donors (Lipinski definition) is 1. The summed E-state index contributed by atoms with van der Waals surface area (Å²) >= 11 is 0. The molecule has 8 nitrogen and oxygen atoms in total. The molecule has 1 fully saturated rings. The van der Waals surface area contributed by atoms with Crippen molar-refractivity contribution in [2.24, 2.45) is 7.05 Å². The number of imidazole rings is 1. The van der Waals surface area contributed by atoms with Crippen LogP contribution in [0.3, 0.4) is 0 Å². The van der Waals surface area contributed by atoms with Gasteiger partial charge in [-0.1, -0.05) is 0 Å². The first-order chi connectivity index (χ1) is 13.1. The van der Waals surface area contributed by atoms with Crippen LogP contribution in [0, 0.1) is 17.8 Å². The Morgan fingerprint density at radius 2 is 2.30 bits per heavy atom. The molecular formula is C19H22N8. The predicted octanol–water partition coefficient (Wildman–Crippen LogP) is 1.64. The molecule has 8 heteroatoms. The van der Waals surface area contributed by atoms with Gasteiger partial charge in [0.25, 0.3) is 0 Å². The molecule has 0 radical (unpaired) electrons. The SMILES string of the molecule is C#CC(=N)N(C)C1CCCN(c2nc(-c3cnn(C)c3)cc3nccn23)C1. The van der Waals surface area contributed by atoms with Crippen LogP contribution in [0.1, 0.15) is 12.8 Å². The molecule has 0 aliphatic carbocycles. The van der Waals surface area contributed by atoms with Gasteiger partial charge in [-0.15, -0.1) is 6.42 Å². The maximum Gasteiger partial charge on any atom is 0.211 e. The van der Waals surface area contributed by atoms with Crippen molar-refractivity contribution >= 4 is 17.4 Å². The maximum absolute atomic E-state index is 7.94. The van der Waals surface area contributed by atoms with E-state index in [1.165, 1.54) is 0 Å². The van der Waals surface area contributed by atoms with Crippen molar-refractivity contribution in [3.8, 4) is 23.6 Å². The number of aromatic nitrogens is 5. The van der Waals surface area contributed by atoms with E-state index < -0.39 is 0 Å². The largest absolute Gasteiger partial charge is 0.348 e. The van der Waals surface area contributed by atoms with Gasteiger partial charge in [-0.25, -0.2) is 9.97 Å². The summed E-state index contributed by atoms with van der Waals surface area (Å²) in [7, 11) is 3.78. The molecule has 1 saturated heterocycles. The number of amidine groups is 1. The van der Waals surface area contributed by atoms with Crippen LogP contribution in [0.25, 0.3) is 16.9 Å². The lowest BCUT2D eigenvalue weighted by molar-refractivity contribution is 0.313. The molecule has 1 unspecified atom stereocenters. The van der Waals surface area contributed by atoms with Gasteiger partial charge in [0, 0.05) is 63.4 Å². The van der Waals surface area contributed by atoms with Crippen molar-refractivity contribution in [3.05, 3.63) is 30.9 Å². The zero-order valence-electron chi connectivity index (χ0n) is 15.5. The van der Waals surface area contributed by atoms with Gasteiger partial charge in [-0.2, -0.15) is 5.10 Å².